The Labute approximate surface area is 159 Å². The van der Waals surface area contributed by atoms with E-state index in [2.05, 4.69) is 0 Å². The molecule has 2 N–H and O–H groups in total. The molecule has 0 saturated carbocycles. The van der Waals surface area contributed by atoms with Crippen LogP contribution in [0.4, 0.5) is 4.79 Å². The topological polar surface area (TPSA) is 106 Å². The number of amides is 1. The monoisotopic (exact) mass is 383 g/mol. The van der Waals surface area contributed by atoms with Crippen LogP contribution in [0.5, 0.6) is 0 Å². The summed E-state index contributed by atoms with van der Waals surface area (Å²) >= 11 is 0. The lowest BCUT2D eigenvalue weighted by molar-refractivity contribution is -0.153. The largest absolute Gasteiger partial charge is 0.459 e. The zero-order valence-electron chi connectivity index (χ0n) is 16.3. The lowest BCUT2D eigenvalue weighted by Gasteiger charge is -2.29. The Morgan fingerprint density at radius 2 is 1.78 bits per heavy atom. The van der Waals surface area contributed by atoms with E-state index in [1.807, 2.05) is 30.3 Å². The second kappa shape index (κ2) is 10.9. The zero-order chi connectivity index (χ0) is 20.4. The number of carbonyl (C=O) groups is 2. The summed E-state index contributed by atoms with van der Waals surface area (Å²) in [5.74, 6) is -0.661. The highest BCUT2D eigenvalue weighted by molar-refractivity contribution is 5.81. The van der Waals surface area contributed by atoms with Crippen molar-refractivity contribution >= 4 is 12.1 Å². The van der Waals surface area contributed by atoms with Gasteiger partial charge in [-0.05, 0) is 26.3 Å². The van der Waals surface area contributed by atoms with E-state index in [1.165, 1.54) is 7.05 Å². The zero-order valence-corrected chi connectivity index (χ0v) is 16.3. The summed E-state index contributed by atoms with van der Waals surface area (Å²) in [6, 6.07) is 8.07. The molecule has 8 heteroatoms. The van der Waals surface area contributed by atoms with Crippen LogP contribution in [0.15, 0.2) is 30.3 Å². The van der Waals surface area contributed by atoms with Gasteiger partial charge in [0.1, 0.15) is 18.3 Å². The van der Waals surface area contributed by atoms with E-state index < -0.39 is 36.4 Å². The summed E-state index contributed by atoms with van der Waals surface area (Å²) in [7, 11) is 1.41. The van der Waals surface area contributed by atoms with Crippen LogP contribution in [0, 0.1) is 0 Å². The van der Waals surface area contributed by atoms with Gasteiger partial charge in [-0.1, -0.05) is 30.3 Å². The first-order valence-corrected chi connectivity index (χ1v) is 8.67. The molecule has 2 atom stereocenters. The van der Waals surface area contributed by atoms with Crippen LogP contribution in [0.25, 0.3) is 0 Å². The third-order valence-corrected chi connectivity index (χ3v) is 3.44. The highest BCUT2D eigenvalue weighted by Gasteiger charge is 2.32. The molecule has 0 aliphatic heterocycles. The summed E-state index contributed by atoms with van der Waals surface area (Å²) in [6.07, 6.45) is -1.77. The van der Waals surface area contributed by atoms with Gasteiger partial charge in [-0.15, -0.1) is 0 Å². The van der Waals surface area contributed by atoms with Gasteiger partial charge >= 0.3 is 12.1 Å². The van der Waals surface area contributed by atoms with Crippen LogP contribution in [0.2, 0.25) is 0 Å². The van der Waals surface area contributed by atoms with E-state index in [9.17, 15) is 14.7 Å². The van der Waals surface area contributed by atoms with Crippen LogP contribution < -0.4 is 0 Å². The highest BCUT2D eigenvalue weighted by Crippen LogP contribution is 2.13. The quantitative estimate of drug-likeness (QED) is 0.620. The van der Waals surface area contributed by atoms with Crippen molar-refractivity contribution in [2.24, 2.45) is 0 Å². The molecule has 1 aromatic carbocycles. The molecule has 0 aliphatic carbocycles. The molecule has 0 aromatic heterocycles. The Morgan fingerprint density at radius 3 is 2.33 bits per heavy atom. The number of benzene rings is 1. The molecule has 0 radical (unpaired) electrons. The minimum atomic E-state index is -1.07. The normalized spacial score (nSPS) is 13.6. The van der Waals surface area contributed by atoms with Gasteiger partial charge in [0.2, 0.25) is 0 Å². The van der Waals surface area contributed by atoms with Crippen LogP contribution in [0.3, 0.4) is 0 Å². The number of hydrogen-bond donors (Lipinski definition) is 2. The fraction of sp³-hybridized carbons (Fsp3) is 0.579. The molecule has 1 aromatic rings. The molecule has 0 fully saturated rings. The predicted octanol–water partition coefficient (Wildman–Crippen LogP) is 1.34. The van der Waals surface area contributed by atoms with E-state index in [0.717, 1.165) is 10.5 Å². The van der Waals surface area contributed by atoms with E-state index in [1.54, 1.807) is 20.8 Å². The average Bonchev–Trinajstić information content (AvgIpc) is 2.62. The number of carbonyl (C=O) groups excluding carboxylic acids is 2. The fourth-order valence-electron chi connectivity index (χ4n) is 1.99. The van der Waals surface area contributed by atoms with Gasteiger partial charge in [-0.25, -0.2) is 9.59 Å². The summed E-state index contributed by atoms with van der Waals surface area (Å²) in [4.78, 5) is 25.9. The Hall–Kier alpha value is -2.16. The van der Waals surface area contributed by atoms with Crippen molar-refractivity contribution < 1.29 is 34.0 Å². The second-order valence-corrected chi connectivity index (χ2v) is 7.07. The molecular weight excluding hydrogens is 354 g/mol. The maximum absolute atomic E-state index is 12.5. The molecule has 0 heterocycles. The molecule has 1 amide bonds. The van der Waals surface area contributed by atoms with E-state index in [0.29, 0.717) is 0 Å². The molecule has 0 aliphatic rings. The molecule has 1 unspecified atom stereocenters. The number of rotatable bonds is 9. The summed E-state index contributed by atoms with van der Waals surface area (Å²) in [6.45, 7) is 4.35. The van der Waals surface area contributed by atoms with Gasteiger partial charge in [-0.2, -0.15) is 0 Å². The van der Waals surface area contributed by atoms with Crippen molar-refractivity contribution in [1.82, 2.24) is 4.90 Å². The smallest absolute Gasteiger partial charge is 0.410 e. The van der Waals surface area contributed by atoms with Crippen molar-refractivity contribution in [1.29, 1.82) is 0 Å². The molecule has 1 rings (SSSR count). The first-order chi connectivity index (χ1) is 12.6. The standard InChI is InChI=1S/C19H29NO7/c1-19(2,3)27-18(24)20(4)16(13-25-12-15(22)10-21)17(23)26-11-14-8-6-5-7-9-14/h5-9,15-16,21-22H,10-13H2,1-4H3/t15?,16-/m0/s1. The molecule has 27 heavy (non-hydrogen) atoms. The SMILES string of the molecule is CN(C(=O)OC(C)(C)C)[C@@H](COCC(O)CO)C(=O)OCc1ccccc1. The van der Waals surface area contributed by atoms with Crippen molar-refractivity contribution in [2.75, 3.05) is 26.9 Å². The molecule has 8 nitrogen and oxygen atoms in total. The summed E-state index contributed by atoms with van der Waals surface area (Å²) < 4.78 is 15.8. The number of ether oxygens (including phenoxy) is 3. The number of aliphatic hydroxyl groups is 2. The fourth-order valence-corrected chi connectivity index (χ4v) is 1.99. The van der Waals surface area contributed by atoms with Gasteiger partial charge in [0.25, 0.3) is 0 Å². The van der Waals surface area contributed by atoms with Gasteiger partial charge in [0, 0.05) is 7.05 Å². The van der Waals surface area contributed by atoms with Crippen LogP contribution in [0.1, 0.15) is 26.3 Å². The van der Waals surface area contributed by atoms with E-state index in [4.69, 9.17) is 19.3 Å². The van der Waals surface area contributed by atoms with Crippen molar-refractivity contribution in [2.45, 2.75) is 45.1 Å². The molecule has 0 saturated heterocycles. The number of nitrogens with zero attached hydrogens (tertiary/aromatic N) is 1. The maximum atomic E-state index is 12.5. The van der Waals surface area contributed by atoms with Crippen LogP contribution in [-0.4, -0.2) is 71.8 Å². The maximum Gasteiger partial charge on any atom is 0.410 e. The third kappa shape index (κ3) is 8.85. The Balaban J connectivity index is 2.75. The van der Waals surface area contributed by atoms with Crippen LogP contribution >= 0.6 is 0 Å². The lowest BCUT2D eigenvalue weighted by Crippen LogP contribution is -2.48. The second-order valence-electron chi connectivity index (χ2n) is 7.07. The molecule has 152 valence electrons. The van der Waals surface area contributed by atoms with Gasteiger partial charge in [0.15, 0.2) is 6.04 Å². The number of likely N-dealkylation sites (N-methyl/N-ethyl adjacent to an activating group) is 1. The first-order valence-electron chi connectivity index (χ1n) is 8.67. The molecule has 0 spiro atoms. The lowest BCUT2D eigenvalue weighted by atomic mass is 10.2. The van der Waals surface area contributed by atoms with E-state index >= 15 is 0 Å². The van der Waals surface area contributed by atoms with Crippen molar-refractivity contribution in [3.05, 3.63) is 35.9 Å². The first kappa shape index (κ1) is 22.9. The minimum Gasteiger partial charge on any atom is -0.459 e. The number of hydrogen-bond acceptors (Lipinski definition) is 7. The predicted molar refractivity (Wildman–Crippen MR) is 97.9 cm³/mol. The van der Waals surface area contributed by atoms with Gasteiger partial charge < -0.3 is 24.4 Å². The summed E-state index contributed by atoms with van der Waals surface area (Å²) in [5, 5.41) is 18.2. The average molecular weight is 383 g/mol. The van der Waals surface area contributed by atoms with Gasteiger partial charge in [-0.3, -0.25) is 4.90 Å². The molecular formula is C19H29NO7. The minimum absolute atomic E-state index is 0.0532. The third-order valence-electron chi connectivity index (χ3n) is 3.44. The van der Waals surface area contributed by atoms with E-state index in [-0.39, 0.29) is 19.8 Å². The van der Waals surface area contributed by atoms with Gasteiger partial charge in [0.05, 0.1) is 19.8 Å². The van der Waals surface area contributed by atoms with Crippen molar-refractivity contribution in [3.63, 3.8) is 0 Å². The number of aliphatic hydroxyl groups excluding tert-OH is 2. The highest BCUT2D eigenvalue weighted by atomic mass is 16.6. The van der Waals surface area contributed by atoms with Crippen molar-refractivity contribution in [3.8, 4) is 0 Å². The Bertz CT molecular complexity index is 585. The Morgan fingerprint density at radius 1 is 1.15 bits per heavy atom. The number of esters is 1. The Kier molecular flexibility index (Phi) is 9.20. The summed E-state index contributed by atoms with van der Waals surface area (Å²) in [5.41, 5.74) is 0.0822. The molecule has 0 bridgehead atoms. The van der Waals surface area contributed by atoms with Crippen LogP contribution in [-0.2, 0) is 25.6 Å².